The predicted octanol–water partition coefficient (Wildman–Crippen LogP) is 4.62. The van der Waals surface area contributed by atoms with Gasteiger partial charge in [-0.2, -0.15) is 4.98 Å². The van der Waals surface area contributed by atoms with Gasteiger partial charge in [0.25, 0.3) is 0 Å². The van der Waals surface area contributed by atoms with Gasteiger partial charge in [-0.05, 0) is 36.6 Å². The van der Waals surface area contributed by atoms with Crippen molar-refractivity contribution in [3.05, 3.63) is 65.3 Å². The number of halogens is 1. The minimum Gasteiger partial charge on any atom is -0.338 e. The van der Waals surface area contributed by atoms with Gasteiger partial charge in [0.05, 0.1) is 11.5 Å². The van der Waals surface area contributed by atoms with Crippen LogP contribution >= 0.6 is 11.8 Å². The molecule has 0 saturated heterocycles. The van der Waals surface area contributed by atoms with Gasteiger partial charge < -0.3 is 9.84 Å². The number of hydrogen-bond acceptors (Lipinski definition) is 5. The van der Waals surface area contributed by atoms with E-state index < -0.39 is 0 Å². The molecule has 0 aliphatic carbocycles. The van der Waals surface area contributed by atoms with Crippen molar-refractivity contribution >= 4 is 23.4 Å². The Hall–Kier alpha value is -2.67. The summed E-state index contributed by atoms with van der Waals surface area (Å²) in [7, 11) is 0. The highest BCUT2D eigenvalue weighted by Gasteiger charge is 2.12. The molecule has 1 N–H and O–H groups in total. The molecular formula is C20H20FN3O2S. The van der Waals surface area contributed by atoms with E-state index in [0.717, 1.165) is 23.2 Å². The van der Waals surface area contributed by atoms with Crippen molar-refractivity contribution in [2.75, 3.05) is 11.1 Å². The van der Waals surface area contributed by atoms with E-state index in [4.69, 9.17) is 4.52 Å². The number of nitrogens with one attached hydrogen (secondary N) is 1. The van der Waals surface area contributed by atoms with Gasteiger partial charge in [-0.1, -0.05) is 42.4 Å². The van der Waals surface area contributed by atoms with E-state index in [2.05, 4.69) is 22.4 Å². The van der Waals surface area contributed by atoms with Gasteiger partial charge in [0.2, 0.25) is 17.6 Å². The maximum absolute atomic E-state index is 13.3. The fraction of sp³-hybridized carbons (Fsp3) is 0.250. The summed E-state index contributed by atoms with van der Waals surface area (Å²) in [5.74, 6) is 0.986. The van der Waals surface area contributed by atoms with Crippen molar-refractivity contribution in [2.45, 2.75) is 26.0 Å². The number of nitrogens with zero attached hydrogens (tertiary/aromatic N) is 2. The van der Waals surface area contributed by atoms with Gasteiger partial charge in [0, 0.05) is 11.3 Å². The number of aryl methyl sites for hydroxylation is 2. The molecule has 1 aromatic heterocycles. The van der Waals surface area contributed by atoms with Crippen LogP contribution < -0.4 is 5.32 Å². The number of anilines is 1. The van der Waals surface area contributed by atoms with Gasteiger partial charge in [0.15, 0.2) is 0 Å². The summed E-state index contributed by atoms with van der Waals surface area (Å²) in [4.78, 5) is 16.5. The van der Waals surface area contributed by atoms with Crippen molar-refractivity contribution in [3.8, 4) is 11.4 Å². The summed E-state index contributed by atoms with van der Waals surface area (Å²) in [6.45, 7) is 4.04. The van der Waals surface area contributed by atoms with Crippen molar-refractivity contribution in [3.63, 3.8) is 0 Å². The van der Waals surface area contributed by atoms with E-state index in [1.807, 2.05) is 25.1 Å². The third kappa shape index (κ3) is 4.95. The molecule has 1 amide bonds. The Balaban J connectivity index is 1.54. The number of carbonyl (C=O) groups excluding carboxylic acids is 1. The number of benzene rings is 2. The average Bonchev–Trinajstić information content (AvgIpc) is 3.12. The fourth-order valence-corrected chi connectivity index (χ4v) is 3.32. The van der Waals surface area contributed by atoms with Gasteiger partial charge in [-0.25, -0.2) is 4.39 Å². The Morgan fingerprint density at radius 1 is 1.26 bits per heavy atom. The van der Waals surface area contributed by atoms with Gasteiger partial charge in [-0.3, -0.25) is 4.79 Å². The molecule has 3 rings (SSSR count). The fourth-order valence-electron chi connectivity index (χ4n) is 2.67. The van der Waals surface area contributed by atoms with Crippen molar-refractivity contribution < 1.29 is 13.7 Å². The molecule has 3 aromatic rings. The molecule has 7 heteroatoms. The standard InChI is InChI=1S/C20H20FN3O2S/c1-3-14-7-4-6-13(2)19(14)22-17(25)11-27-12-18-23-20(24-26-18)15-8-5-9-16(21)10-15/h4-10H,3,11-12H2,1-2H3,(H,22,25). The van der Waals surface area contributed by atoms with Crippen molar-refractivity contribution in [2.24, 2.45) is 0 Å². The van der Waals surface area contributed by atoms with Crippen LogP contribution in [-0.4, -0.2) is 21.8 Å². The first-order chi connectivity index (χ1) is 13.1. The first-order valence-electron chi connectivity index (χ1n) is 8.61. The van der Waals surface area contributed by atoms with E-state index in [1.54, 1.807) is 12.1 Å². The highest BCUT2D eigenvalue weighted by molar-refractivity contribution is 7.99. The summed E-state index contributed by atoms with van der Waals surface area (Å²) in [6, 6.07) is 12.0. The van der Waals surface area contributed by atoms with Gasteiger partial charge in [0.1, 0.15) is 5.82 Å². The Kier molecular flexibility index (Phi) is 6.24. The summed E-state index contributed by atoms with van der Waals surface area (Å²) < 4.78 is 18.5. The average molecular weight is 385 g/mol. The molecular weight excluding hydrogens is 365 g/mol. The second-order valence-corrected chi connectivity index (χ2v) is 7.01. The lowest BCUT2D eigenvalue weighted by Crippen LogP contribution is -2.16. The zero-order valence-electron chi connectivity index (χ0n) is 15.2. The van der Waals surface area contributed by atoms with Gasteiger partial charge >= 0.3 is 0 Å². The van der Waals surface area contributed by atoms with Crippen LogP contribution in [0.2, 0.25) is 0 Å². The van der Waals surface area contributed by atoms with E-state index in [1.165, 1.54) is 23.9 Å². The Labute approximate surface area is 161 Å². The Morgan fingerprint density at radius 2 is 2.07 bits per heavy atom. The van der Waals surface area contributed by atoms with E-state index >= 15 is 0 Å². The smallest absolute Gasteiger partial charge is 0.236 e. The lowest BCUT2D eigenvalue weighted by Gasteiger charge is -2.12. The van der Waals surface area contributed by atoms with Crippen molar-refractivity contribution in [1.82, 2.24) is 10.1 Å². The normalized spacial score (nSPS) is 10.8. The number of thioether (sulfide) groups is 1. The summed E-state index contributed by atoms with van der Waals surface area (Å²) in [5, 5.41) is 6.85. The van der Waals surface area contributed by atoms with E-state index in [-0.39, 0.29) is 17.5 Å². The number of rotatable bonds is 7. The zero-order valence-corrected chi connectivity index (χ0v) is 16.0. The molecule has 1 heterocycles. The maximum atomic E-state index is 13.3. The number of carbonyl (C=O) groups is 1. The molecule has 0 unspecified atom stereocenters. The Morgan fingerprint density at radius 3 is 2.85 bits per heavy atom. The maximum Gasteiger partial charge on any atom is 0.236 e. The highest BCUT2D eigenvalue weighted by Crippen LogP contribution is 2.22. The summed E-state index contributed by atoms with van der Waals surface area (Å²) in [5.41, 5.74) is 3.60. The molecule has 140 valence electrons. The molecule has 0 fully saturated rings. The molecule has 0 aliphatic heterocycles. The number of amides is 1. The second-order valence-electron chi connectivity index (χ2n) is 6.03. The van der Waals surface area contributed by atoms with E-state index in [9.17, 15) is 9.18 Å². The lowest BCUT2D eigenvalue weighted by molar-refractivity contribution is -0.113. The number of para-hydroxylation sites is 1. The molecule has 2 aromatic carbocycles. The molecule has 0 spiro atoms. The number of hydrogen-bond donors (Lipinski definition) is 1. The predicted molar refractivity (Wildman–Crippen MR) is 105 cm³/mol. The SMILES string of the molecule is CCc1cccc(C)c1NC(=O)CSCc1nc(-c2cccc(F)c2)no1. The van der Waals surface area contributed by atoms with Crippen LogP contribution in [-0.2, 0) is 17.0 Å². The minimum atomic E-state index is -0.354. The van der Waals surface area contributed by atoms with E-state index in [0.29, 0.717) is 23.0 Å². The zero-order chi connectivity index (χ0) is 19.2. The Bertz CT molecular complexity index is 942. The first-order valence-corrected chi connectivity index (χ1v) is 9.77. The second kappa shape index (κ2) is 8.81. The lowest BCUT2D eigenvalue weighted by atomic mass is 10.1. The van der Waals surface area contributed by atoms with Crippen LogP contribution in [0.1, 0.15) is 23.9 Å². The topological polar surface area (TPSA) is 68.0 Å². The quantitative estimate of drug-likeness (QED) is 0.643. The largest absolute Gasteiger partial charge is 0.338 e. The molecule has 0 aliphatic rings. The molecule has 0 bridgehead atoms. The van der Waals surface area contributed by atoms with Crippen LogP contribution in [0.15, 0.2) is 47.0 Å². The van der Waals surface area contributed by atoms with Gasteiger partial charge in [-0.15, -0.1) is 11.8 Å². The molecule has 27 heavy (non-hydrogen) atoms. The van der Waals surface area contributed by atoms with Crippen LogP contribution in [0.4, 0.5) is 10.1 Å². The molecule has 5 nitrogen and oxygen atoms in total. The molecule has 0 radical (unpaired) electrons. The van der Waals surface area contributed by atoms with Crippen LogP contribution in [0.3, 0.4) is 0 Å². The van der Waals surface area contributed by atoms with Crippen LogP contribution in [0.5, 0.6) is 0 Å². The minimum absolute atomic E-state index is 0.0751. The summed E-state index contributed by atoms with van der Waals surface area (Å²) >= 11 is 1.38. The van der Waals surface area contributed by atoms with Crippen molar-refractivity contribution in [1.29, 1.82) is 0 Å². The first kappa shape index (κ1) is 19.1. The summed E-state index contributed by atoms with van der Waals surface area (Å²) in [6.07, 6.45) is 0.856. The highest BCUT2D eigenvalue weighted by atomic mass is 32.2. The molecule has 0 atom stereocenters. The van der Waals surface area contributed by atoms with Crippen LogP contribution in [0, 0.1) is 12.7 Å². The monoisotopic (exact) mass is 385 g/mol. The molecule has 0 saturated carbocycles. The number of aromatic nitrogens is 2. The third-order valence-corrected chi connectivity index (χ3v) is 4.93. The third-order valence-electron chi connectivity index (χ3n) is 4.01. The van der Waals surface area contributed by atoms with Crippen LogP contribution in [0.25, 0.3) is 11.4 Å².